The summed E-state index contributed by atoms with van der Waals surface area (Å²) in [6.07, 6.45) is 0. The first-order valence-electron chi connectivity index (χ1n) is 6.63. The fourth-order valence-electron chi connectivity index (χ4n) is 1.88. The summed E-state index contributed by atoms with van der Waals surface area (Å²) in [4.78, 5) is 2.25. The zero-order valence-corrected chi connectivity index (χ0v) is 12.1. The van der Waals surface area contributed by atoms with Crippen molar-refractivity contribution in [2.75, 3.05) is 38.8 Å². The van der Waals surface area contributed by atoms with Crippen molar-refractivity contribution < 1.29 is 4.74 Å². The summed E-state index contributed by atoms with van der Waals surface area (Å²) in [6, 6.07) is 8.54. The molecule has 1 rings (SSSR count). The number of hydrogen-bond donors (Lipinski definition) is 1. The van der Waals surface area contributed by atoms with E-state index >= 15 is 0 Å². The quantitative estimate of drug-likeness (QED) is 0.767. The maximum absolute atomic E-state index is 5.13. The first-order valence-corrected chi connectivity index (χ1v) is 6.63. The first-order chi connectivity index (χ1) is 8.65. The number of rotatable bonds is 8. The third kappa shape index (κ3) is 5.07. The second-order valence-corrected chi connectivity index (χ2v) is 5.07. The first kappa shape index (κ1) is 15.0. The van der Waals surface area contributed by atoms with Crippen molar-refractivity contribution in [3.8, 4) is 0 Å². The van der Waals surface area contributed by atoms with Crippen molar-refractivity contribution >= 4 is 5.69 Å². The normalized spacial score (nSPS) is 10.9. The molecule has 102 valence electrons. The smallest absolute Gasteiger partial charge is 0.0637 e. The van der Waals surface area contributed by atoms with E-state index in [0.717, 1.165) is 26.2 Å². The standard InChI is InChI=1S/C15H26N2O/c1-13(2)11-16-12-14-7-5-6-8-15(14)17(3)9-10-18-4/h5-8,13,16H,9-12H2,1-4H3. The lowest BCUT2D eigenvalue weighted by Gasteiger charge is -2.22. The highest BCUT2D eigenvalue weighted by Crippen LogP contribution is 2.18. The molecule has 1 N–H and O–H groups in total. The van der Waals surface area contributed by atoms with Gasteiger partial charge in [-0.1, -0.05) is 32.0 Å². The van der Waals surface area contributed by atoms with Crippen LogP contribution in [0.15, 0.2) is 24.3 Å². The minimum atomic E-state index is 0.684. The number of likely N-dealkylation sites (N-methyl/N-ethyl adjacent to an activating group) is 1. The highest BCUT2D eigenvalue weighted by Gasteiger charge is 2.06. The molecule has 0 aliphatic carbocycles. The van der Waals surface area contributed by atoms with Crippen molar-refractivity contribution in [3.63, 3.8) is 0 Å². The van der Waals surface area contributed by atoms with Gasteiger partial charge in [0.25, 0.3) is 0 Å². The molecule has 0 spiro atoms. The van der Waals surface area contributed by atoms with Gasteiger partial charge < -0.3 is 15.0 Å². The van der Waals surface area contributed by atoms with Crippen LogP contribution in [0.3, 0.4) is 0 Å². The fourth-order valence-corrected chi connectivity index (χ4v) is 1.88. The fraction of sp³-hybridized carbons (Fsp3) is 0.600. The molecule has 1 aromatic rings. The lowest BCUT2D eigenvalue weighted by Crippen LogP contribution is -2.25. The molecule has 3 heteroatoms. The number of anilines is 1. The Kier molecular flexibility index (Phi) is 6.76. The Labute approximate surface area is 111 Å². The number of nitrogens with one attached hydrogen (secondary N) is 1. The van der Waals surface area contributed by atoms with Crippen molar-refractivity contribution in [2.24, 2.45) is 5.92 Å². The summed E-state index contributed by atoms with van der Waals surface area (Å²) in [5.41, 5.74) is 2.63. The van der Waals surface area contributed by atoms with E-state index in [-0.39, 0.29) is 0 Å². The van der Waals surface area contributed by atoms with E-state index in [1.807, 2.05) is 0 Å². The predicted octanol–water partition coefficient (Wildman–Crippen LogP) is 2.51. The monoisotopic (exact) mass is 250 g/mol. The Balaban J connectivity index is 2.60. The number of nitrogens with zero attached hydrogens (tertiary/aromatic N) is 1. The Morgan fingerprint density at radius 2 is 2.00 bits per heavy atom. The summed E-state index contributed by atoms with van der Waals surface area (Å²) >= 11 is 0. The molecule has 0 amide bonds. The van der Waals surface area contributed by atoms with E-state index < -0.39 is 0 Å². The van der Waals surface area contributed by atoms with Gasteiger partial charge in [0, 0.05) is 32.9 Å². The van der Waals surface area contributed by atoms with Crippen LogP contribution in [-0.2, 0) is 11.3 Å². The third-order valence-corrected chi connectivity index (χ3v) is 2.90. The van der Waals surface area contributed by atoms with Gasteiger partial charge in [-0.2, -0.15) is 0 Å². The van der Waals surface area contributed by atoms with Gasteiger partial charge in [0.2, 0.25) is 0 Å². The van der Waals surface area contributed by atoms with Crippen LogP contribution in [0.25, 0.3) is 0 Å². The highest BCUT2D eigenvalue weighted by molar-refractivity contribution is 5.52. The number of para-hydroxylation sites is 1. The van der Waals surface area contributed by atoms with Crippen molar-refractivity contribution in [3.05, 3.63) is 29.8 Å². The molecule has 0 bridgehead atoms. The van der Waals surface area contributed by atoms with Crippen LogP contribution >= 0.6 is 0 Å². The topological polar surface area (TPSA) is 24.5 Å². The van der Waals surface area contributed by atoms with E-state index in [1.165, 1.54) is 11.3 Å². The molecule has 0 aliphatic heterocycles. The summed E-state index contributed by atoms with van der Waals surface area (Å²) < 4.78 is 5.13. The van der Waals surface area contributed by atoms with Gasteiger partial charge in [-0.15, -0.1) is 0 Å². The minimum Gasteiger partial charge on any atom is -0.383 e. The van der Waals surface area contributed by atoms with Crippen LogP contribution in [-0.4, -0.2) is 33.9 Å². The second kappa shape index (κ2) is 8.11. The van der Waals surface area contributed by atoms with Crippen LogP contribution in [0.5, 0.6) is 0 Å². The Morgan fingerprint density at radius 1 is 1.28 bits per heavy atom. The summed E-state index contributed by atoms with van der Waals surface area (Å²) in [7, 11) is 3.85. The Morgan fingerprint density at radius 3 is 2.67 bits per heavy atom. The van der Waals surface area contributed by atoms with Crippen LogP contribution in [0.2, 0.25) is 0 Å². The molecule has 3 nitrogen and oxygen atoms in total. The number of ether oxygens (including phenoxy) is 1. The van der Waals surface area contributed by atoms with Crippen molar-refractivity contribution in [2.45, 2.75) is 20.4 Å². The molecule has 0 saturated heterocycles. The molecular weight excluding hydrogens is 224 g/mol. The van der Waals surface area contributed by atoms with Gasteiger partial charge in [-0.3, -0.25) is 0 Å². The van der Waals surface area contributed by atoms with E-state index in [1.54, 1.807) is 7.11 Å². The zero-order valence-electron chi connectivity index (χ0n) is 12.1. The third-order valence-electron chi connectivity index (χ3n) is 2.90. The average molecular weight is 250 g/mol. The van der Waals surface area contributed by atoms with Crippen LogP contribution in [0.4, 0.5) is 5.69 Å². The predicted molar refractivity (Wildman–Crippen MR) is 78.1 cm³/mol. The molecule has 0 fully saturated rings. The van der Waals surface area contributed by atoms with Crippen LogP contribution < -0.4 is 10.2 Å². The summed E-state index contributed by atoms with van der Waals surface area (Å²) in [6.45, 7) is 8.09. The highest BCUT2D eigenvalue weighted by atomic mass is 16.5. The lowest BCUT2D eigenvalue weighted by atomic mass is 10.1. The molecule has 0 aromatic heterocycles. The largest absolute Gasteiger partial charge is 0.383 e. The average Bonchev–Trinajstić information content (AvgIpc) is 2.36. The van der Waals surface area contributed by atoms with Gasteiger partial charge in [-0.25, -0.2) is 0 Å². The van der Waals surface area contributed by atoms with Gasteiger partial charge in [0.1, 0.15) is 0 Å². The summed E-state index contributed by atoms with van der Waals surface area (Å²) in [5.74, 6) is 0.684. The minimum absolute atomic E-state index is 0.684. The van der Waals surface area contributed by atoms with E-state index in [2.05, 4.69) is 55.4 Å². The number of benzene rings is 1. The van der Waals surface area contributed by atoms with E-state index in [4.69, 9.17) is 4.74 Å². The zero-order chi connectivity index (χ0) is 13.4. The van der Waals surface area contributed by atoms with Crippen LogP contribution in [0.1, 0.15) is 19.4 Å². The number of methoxy groups -OCH3 is 1. The molecule has 0 saturated carbocycles. The molecule has 0 atom stereocenters. The van der Waals surface area contributed by atoms with E-state index in [9.17, 15) is 0 Å². The maximum Gasteiger partial charge on any atom is 0.0637 e. The van der Waals surface area contributed by atoms with Crippen molar-refractivity contribution in [1.29, 1.82) is 0 Å². The summed E-state index contributed by atoms with van der Waals surface area (Å²) in [5, 5.41) is 3.49. The number of hydrogen-bond acceptors (Lipinski definition) is 3. The second-order valence-electron chi connectivity index (χ2n) is 5.07. The van der Waals surface area contributed by atoms with Crippen molar-refractivity contribution in [1.82, 2.24) is 5.32 Å². The molecular formula is C15H26N2O. The SMILES string of the molecule is COCCN(C)c1ccccc1CNCC(C)C. The molecule has 0 radical (unpaired) electrons. The van der Waals surface area contributed by atoms with Gasteiger partial charge >= 0.3 is 0 Å². The molecule has 0 unspecified atom stereocenters. The Hall–Kier alpha value is -1.06. The van der Waals surface area contributed by atoms with Gasteiger partial charge in [0.15, 0.2) is 0 Å². The molecule has 1 aromatic carbocycles. The van der Waals surface area contributed by atoms with Gasteiger partial charge in [0.05, 0.1) is 6.61 Å². The maximum atomic E-state index is 5.13. The molecule has 0 aliphatic rings. The molecule has 18 heavy (non-hydrogen) atoms. The Bertz CT molecular complexity index is 339. The van der Waals surface area contributed by atoms with Gasteiger partial charge in [-0.05, 0) is 24.1 Å². The molecule has 0 heterocycles. The van der Waals surface area contributed by atoms with Crippen LogP contribution in [0, 0.1) is 5.92 Å². The lowest BCUT2D eigenvalue weighted by molar-refractivity contribution is 0.206. The van der Waals surface area contributed by atoms with E-state index in [0.29, 0.717) is 5.92 Å².